The van der Waals surface area contributed by atoms with E-state index >= 15 is 0 Å². The molecule has 1 heterocycles. The van der Waals surface area contributed by atoms with E-state index in [0.717, 1.165) is 19.5 Å². The maximum absolute atomic E-state index is 4.32. The largest absolute Gasteiger partial charge is 0.312 e. The highest BCUT2D eigenvalue weighted by Gasteiger charge is 2.07. The van der Waals surface area contributed by atoms with Crippen molar-refractivity contribution in [2.75, 3.05) is 6.54 Å². The number of benzene rings is 1. The highest BCUT2D eigenvalue weighted by atomic mass is 15.3. The maximum atomic E-state index is 4.32. The molecule has 0 unspecified atom stereocenters. The molecule has 20 heavy (non-hydrogen) atoms. The lowest BCUT2D eigenvalue weighted by atomic mass is 10.1. The number of nitrogens with one attached hydrogen (secondary N) is 1. The van der Waals surface area contributed by atoms with Gasteiger partial charge in [0.25, 0.3) is 0 Å². The van der Waals surface area contributed by atoms with Gasteiger partial charge in [0.15, 0.2) is 0 Å². The Balaban J connectivity index is 1.86. The normalized spacial score (nSPS) is 11.8. The van der Waals surface area contributed by atoms with Crippen LogP contribution in [-0.4, -0.2) is 21.9 Å². The molecular weight excluding hydrogens is 246 g/mol. The number of aryl methyl sites for hydroxylation is 1. The van der Waals surface area contributed by atoms with E-state index in [1.54, 1.807) is 0 Å². The van der Waals surface area contributed by atoms with E-state index in [1.807, 2.05) is 10.9 Å². The van der Waals surface area contributed by atoms with Crippen LogP contribution in [0.5, 0.6) is 0 Å². The Morgan fingerprint density at radius 2 is 1.75 bits per heavy atom. The summed E-state index contributed by atoms with van der Waals surface area (Å²) in [4.78, 5) is 0. The fourth-order valence-corrected chi connectivity index (χ4v) is 2.13. The summed E-state index contributed by atoms with van der Waals surface area (Å²) in [6, 6.07) is 8.83. The number of hydrogen-bond donors (Lipinski definition) is 1. The van der Waals surface area contributed by atoms with Crippen LogP contribution in [0.25, 0.3) is 0 Å². The van der Waals surface area contributed by atoms with E-state index in [1.165, 1.54) is 16.7 Å². The summed E-state index contributed by atoms with van der Waals surface area (Å²) in [5, 5.41) is 7.83. The zero-order valence-electron chi connectivity index (χ0n) is 13.0. The van der Waals surface area contributed by atoms with Gasteiger partial charge in [0, 0.05) is 11.7 Å². The number of aromatic nitrogens is 2. The molecule has 0 saturated heterocycles. The summed E-state index contributed by atoms with van der Waals surface area (Å²) in [6.07, 6.45) is 5.03. The van der Waals surface area contributed by atoms with Gasteiger partial charge >= 0.3 is 0 Å². The molecule has 0 radical (unpaired) electrons. The average molecular weight is 271 g/mol. The van der Waals surface area contributed by atoms with Crippen LogP contribution in [0.2, 0.25) is 0 Å². The number of nitrogens with zero attached hydrogens (tertiary/aromatic N) is 2. The van der Waals surface area contributed by atoms with Crippen molar-refractivity contribution in [3.8, 4) is 0 Å². The zero-order chi connectivity index (χ0) is 14.6. The van der Waals surface area contributed by atoms with Gasteiger partial charge in [-0.3, -0.25) is 4.68 Å². The molecule has 108 valence electrons. The minimum absolute atomic E-state index is 0.192. The molecule has 0 spiro atoms. The highest BCUT2D eigenvalue weighted by Crippen LogP contribution is 2.08. The molecule has 1 aromatic carbocycles. The molecule has 0 amide bonds. The van der Waals surface area contributed by atoms with E-state index in [2.05, 4.69) is 68.6 Å². The van der Waals surface area contributed by atoms with Crippen LogP contribution in [0.1, 0.15) is 37.5 Å². The van der Waals surface area contributed by atoms with Gasteiger partial charge in [0.05, 0.1) is 12.7 Å². The van der Waals surface area contributed by atoms with E-state index in [9.17, 15) is 0 Å². The molecule has 2 aromatic rings. The Kier molecular flexibility index (Phi) is 4.61. The third-order valence-corrected chi connectivity index (χ3v) is 3.20. The molecule has 0 atom stereocenters. The monoisotopic (exact) mass is 271 g/mol. The molecule has 1 N–H and O–H groups in total. The fourth-order valence-electron chi connectivity index (χ4n) is 2.13. The first-order chi connectivity index (χ1) is 9.42. The third-order valence-electron chi connectivity index (χ3n) is 3.20. The molecule has 0 fully saturated rings. The van der Waals surface area contributed by atoms with Gasteiger partial charge < -0.3 is 5.32 Å². The minimum Gasteiger partial charge on any atom is -0.312 e. The zero-order valence-corrected chi connectivity index (χ0v) is 13.0. The summed E-state index contributed by atoms with van der Waals surface area (Å²) >= 11 is 0. The molecule has 0 saturated carbocycles. The quantitative estimate of drug-likeness (QED) is 0.905. The van der Waals surface area contributed by atoms with Crippen molar-refractivity contribution in [2.45, 2.75) is 46.2 Å². The molecule has 0 aliphatic carbocycles. The van der Waals surface area contributed by atoms with Gasteiger partial charge in [-0.15, -0.1) is 0 Å². The van der Waals surface area contributed by atoms with Crippen LogP contribution in [-0.2, 0) is 13.0 Å². The molecule has 0 aliphatic rings. The second-order valence-electron chi connectivity index (χ2n) is 6.46. The van der Waals surface area contributed by atoms with Gasteiger partial charge in [0.1, 0.15) is 0 Å². The van der Waals surface area contributed by atoms with Crippen molar-refractivity contribution in [3.63, 3.8) is 0 Å². The lowest BCUT2D eigenvalue weighted by Crippen LogP contribution is -2.37. The Morgan fingerprint density at radius 3 is 2.30 bits per heavy atom. The van der Waals surface area contributed by atoms with Gasteiger partial charge in [-0.1, -0.05) is 24.3 Å². The molecule has 0 aliphatic heterocycles. The van der Waals surface area contributed by atoms with E-state index < -0.39 is 0 Å². The Bertz CT molecular complexity index is 532. The average Bonchev–Trinajstić information content (AvgIpc) is 2.75. The predicted octanol–water partition coefficient (Wildman–Crippen LogP) is 3.17. The smallest absolute Gasteiger partial charge is 0.0659 e. The first-order valence-corrected chi connectivity index (χ1v) is 7.24. The molecule has 3 nitrogen and oxygen atoms in total. The first kappa shape index (κ1) is 14.8. The van der Waals surface area contributed by atoms with Crippen molar-refractivity contribution >= 4 is 0 Å². The molecular formula is C17H25N3. The topological polar surface area (TPSA) is 29.9 Å². The van der Waals surface area contributed by atoms with Crippen molar-refractivity contribution in [2.24, 2.45) is 0 Å². The maximum Gasteiger partial charge on any atom is 0.0659 e. The molecule has 3 heteroatoms. The van der Waals surface area contributed by atoms with Crippen molar-refractivity contribution in [1.82, 2.24) is 15.1 Å². The Labute approximate surface area is 122 Å². The minimum atomic E-state index is 0.192. The van der Waals surface area contributed by atoms with E-state index in [4.69, 9.17) is 0 Å². The van der Waals surface area contributed by atoms with Gasteiger partial charge in [-0.25, -0.2) is 0 Å². The van der Waals surface area contributed by atoms with Crippen LogP contribution in [0.4, 0.5) is 0 Å². The first-order valence-electron chi connectivity index (χ1n) is 7.24. The van der Waals surface area contributed by atoms with Crippen LogP contribution >= 0.6 is 0 Å². The summed E-state index contributed by atoms with van der Waals surface area (Å²) in [5.74, 6) is 0. The highest BCUT2D eigenvalue weighted by molar-refractivity contribution is 5.23. The second-order valence-corrected chi connectivity index (χ2v) is 6.46. The van der Waals surface area contributed by atoms with Gasteiger partial charge in [-0.2, -0.15) is 5.10 Å². The van der Waals surface area contributed by atoms with Crippen molar-refractivity contribution in [1.29, 1.82) is 0 Å². The van der Waals surface area contributed by atoms with Crippen LogP contribution in [0.15, 0.2) is 36.7 Å². The molecule has 1 aromatic heterocycles. The summed E-state index contributed by atoms with van der Waals surface area (Å²) in [6.45, 7) is 10.5. The van der Waals surface area contributed by atoms with Gasteiger partial charge in [-0.05, 0) is 57.4 Å². The Morgan fingerprint density at radius 1 is 1.10 bits per heavy atom. The van der Waals surface area contributed by atoms with E-state index in [-0.39, 0.29) is 5.54 Å². The number of rotatable bonds is 5. The van der Waals surface area contributed by atoms with Crippen molar-refractivity contribution in [3.05, 3.63) is 53.3 Å². The summed E-state index contributed by atoms with van der Waals surface area (Å²) < 4.78 is 1.98. The summed E-state index contributed by atoms with van der Waals surface area (Å²) in [5.41, 5.74) is 4.07. The predicted molar refractivity (Wildman–Crippen MR) is 84.0 cm³/mol. The van der Waals surface area contributed by atoms with Crippen molar-refractivity contribution < 1.29 is 0 Å². The molecule has 2 rings (SSSR count). The number of hydrogen-bond acceptors (Lipinski definition) is 2. The standard InChI is InChI=1S/C17H25N3/c1-14-11-19-20(12-14)13-16-7-5-15(6-8-16)9-10-18-17(2,3)4/h5-8,11-12,18H,9-10,13H2,1-4H3. The second kappa shape index (κ2) is 6.23. The SMILES string of the molecule is Cc1cnn(Cc2ccc(CCNC(C)(C)C)cc2)c1. The third kappa shape index (κ3) is 4.82. The molecule has 0 bridgehead atoms. The van der Waals surface area contributed by atoms with Crippen LogP contribution in [0, 0.1) is 6.92 Å². The van der Waals surface area contributed by atoms with E-state index in [0.29, 0.717) is 0 Å². The fraction of sp³-hybridized carbons (Fsp3) is 0.471. The van der Waals surface area contributed by atoms with Crippen LogP contribution < -0.4 is 5.32 Å². The lowest BCUT2D eigenvalue weighted by Gasteiger charge is -2.20. The summed E-state index contributed by atoms with van der Waals surface area (Å²) in [7, 11) is 0. The van der Waals surface area contributed by atoms with Crippen LogP contribution in [0.3, 0.4) is 0 Å². The van der Waals surface area contributed by atoms with Gasteiger partial charge in [0.2, 0.25) is 0 Å². The Hall–Kier alpha value is -1.61. The lowest BCUT2D eigenvalue weighted by molar-refractivity contribution is 0.429.